The second-order valence-corrected chi connectivity index (χ2v) is 6.20. The van der Waals surface area contributed by atoms with Gasteiger partial charge >= 0.3 is 11.8 Å². The highest BCUT2D eigenvalue weighted by Crippen LogP contribution is 2.37. The molecule has 1 amide bonds. The van der Waals surface area contributed by atoms with Crippen LogP contribution in [0.25, 0.3) is 0 Å². The second kappa shape index (κ2) is 7.25. The molecule has 0 spiro atoms. The predicted octanol–water partition coefficient (Wildman–Crippen LogP) is 3.99. The Kier molecular flexibility index (Phi) is 5.06. The lowest BCUT2D eigenvalue weighted by Crippen LogP contribution is -2.37. The number of ether oxygens (including phenoxy) is 1. The Balaban J connectivity index is 1.73. The fourth-order valence-electron chi connectivity index (χ4n) is 2.61. The molecule has 0 unspecified atom stereocenters. The van der Waals surface area contributed by atoms with E-state index in [0.29, 0.717) is 24.2 Å². The van der Waals surface area contributed by atoms with Crippen molar-refractivity contribution in [2.75, 3.05) is 6.54 Å². The van der Waals surface area contributed by atoms with Crippen molar-refractivity contribution < 1.29 is 14.5 Å². The molecule has 0 bridgehead atoms. The Morgan fingerprint density at radius 2 is 2.04 bits per heavy atom. The summed E-state index contributed by atoms with van der Waals surface area (Å²) >= 11 is 12.0. The van der Waals surface area contributed by atoms with Gasteiger partial charge in [0.25, 0.3) is 0 Å². The summed E-state index contributed by atoms with van der Waals surface area (Å²) < 4.78 is 5.29. The molecule has 25 heavy (non-hydrogen) atoms. The maximum absolute atomic E-state index is 12.2. The second-order valence-electron chi connectivity index (χ2n) is 5.46. The van der Waals surface area contributed by atoms with Crippen molar-refractivity contribution in [2.24, 2.45) is 0 Å². The van der Waals surface area contributed by atoms with Gasteiger partial charge < -0.3 is 9.64 Å². The van der Waals surface area contributed by atoms with E-state index < -0.39 is 16.7 Å². The normalized spacial score (nSPS) is 13.3. The summed E-state index contributed by atoms with van der Waals surface area (Å²) in [5, 5.41) is 10.7. The summed E-state index contributed by atoms with van der Waals surface area (Å²) in [6, 6.07) is 9.32. The van der Waals surface area contributed by atoms with Gasteiger partial charge in [-0.2, -0.15) is 0 Å². The van der Waals surface area contributed by atoms with E-state index in [4.69, 9.17) is 27.9 Å². The van der Waals surface area contributed by atoms with Crippen molar-refractivity contribution >= 4 is 35.0 Å². The quantitative estimate of drug-likeness (QED) is 0.455. The van der Waals surface area contributed by atoms with Gasteiger partial charge in [-0.1, -0.05) is 53.5 Å². The van der Waals surface area contributed by atoms with E-state index in [2.05, 4.69) is 4.98 Å². The van der Waals surface area contributed by atoms with Crippen LogP contribution in [0.2, 0.25) is 10.2 Å². The minimum atomic E-state index is -0.654. The van der Waals surface area contributed by atoms with E-state index in [1.165, 1.54) is 4.90 Å². The molecule has 1 aliphatic rings. The van der Waals surface area contributed by atoms with E-state index in [9.17, 15) is 14.9 Å². The molecule has 1 aromatic heterocycles. The number of fused-ring (bicyclic) bond motifs is 1. The highest BCUT2D eigenvalue weighted by Gasteiger charge is 2.31. The van der Waals surface area contributed by atoms with Crippen LogP contribution < -0.4 is 0 Å². The SMILES string of the molecule is O=C(OCc1ccccc1)N1CCc2c(nc(Cl)c([N+](=O)[O-])c2Cl)C1. The van der Waals surface area contributed by atoms with Crippen LogP contribution >= 0.6 is 23.2 Å². The lowest BCUT2D eigenvalue weighted by atomic mass is 10.0. The van der Waals surface area contributed by atoms with E-state index in [1.54, 1.807) is 0 Å². The third-order valence-corrected chi connectivity index (χ3v) is 4.54. The third kappa shape index (κ3) is 3.67. The van der Waals surface area contributed by atoms with Crippen molar-refractivity contribution in [1.29, 1.82) is 0 Å². The monoisotopic (exact) mass is 381 g/mol. The summed E-state index contributed by atoms with van der Waals surface area (Å²) in [5.41, 5.74) is 1.48. The predicted molar refractivity (Wildman–Crippen MR) is 91.7 cm³/mol. The van der Waals surface area contributed by atoms with Crippen molar-refractivity contribution in [3.05, 3.63) is 67.4 Å². The molecule has 7 nitrogen and oxygen atoms in total. The molecule has 0 N–H and O–H groups in total. The molecule has 1 aromatic carbocycles. The fourth-order valence-corrected chi connectivity index (χ4v) is 3.29. The average molecular weight is 382 g/mol. The molecule has 130 valence electrons. The molecule has 2 heterocycles. The molecular formula is C16H13Cl2N3O4. The summed E-state index contributed by atoms with van der Waals surface area (Å²) in [6.45, 7) is 0.638. The number of amides is 1. The standard InChI is InChI=1S/C16H13Cl2N3O4/c17-13-11-6-7-20(8-12(11)19-15(18)14(13)21(23)24)16(22)25-9-10-4-2-1-3-5-10/h1-5H,6-9H2. The molecule has 0 saturated carbocycles. The number of carbonyl (C=O) groups excluding carboxylic acids is 1. The molecule has 0 aliphatic carbocycles. The number of hydrogen-bond acceptors (Lipinski definition) is 5. The van der Waals surface area contributed by atoms with Gasteiger partial charge in [-0.15, -0.1) is 0 Å². The van der Waals surface area contributed by atoms with Crippen LogP contribution in [0.15, 0.2) is 30.3 Å². The minimum Gasteiger partial charge on any atom is -0.445 e. The van der Waals surface area contributed by atoms with E-state index in [-0.39, 0.29) is 23.3 Å². The first kappa shape index (κ1) is 17.4. The Morgan fingerprint density at radius 3 is 2.72 bits per heavy atom. The number of hydrogen-bond donors (Lipinski definition) is 0. The first-order valence-electron chi connectivity index (χ1n) is 7.44. The topological polar surface area (TPSA) is 85.6 Å². The van der Waals surface area contributed by atoms with Crippen LogP contribution in [0.1, 0.15) is 16.8 Å². The number of nitro groups is 1. The Morgan fingerprint density at radius 1 is 1.32 bits per heavy atom. The van der Waals surface area contributed by atoms with Crippen LogP contribution in [-0.2, 0) is 24.3 Å². The summed E-state index contributed by atoms with van der Waals surface area (Å²) in [5.74, 6) is 0. The Bertz CT molecular complexity index is 830. The lowest BCUT2D eigenvalue weighted by Gasteiger charge is -2.28. The molecule has 1 aliphatic heterocycles. The Labute approximate surface area is 153 Å². The Hall–Kier alpha value is -2.38. The van der Waals surface area contributed by atoms with Gasteiger partial charge in [0.2, 0.25) is 5.15 Å². The number of pyridine rings is 1. The number of aromatic nitrogens is 1. The summed E-state index contributed by atoms with van der Waals surface area (Å²) in [4.78, 5) is 28.1. The number of nitrogens with zero attached hydrogens (tertiary/aromatic N) is 3. The number of halogens is 2. The van der Waals surface area contributed by atoms with Crippen LogP contribution in [0.4, 0.5) is 10.5 Å². The van der Waals surface area contributed by atoms with Gasteiger partial charge in [-0.05, 0) is 12.0 Å². The smallest absolute Gasteiger partial charge is 0.410 e. The van der Waals surface area contributed by atoms with Crippen molar-refractivity contribution in [2.45, 2.75) is 19.6 Å². The molecule has 3 rings (SSSR count). The fraction of sp³-hybridized carbons (Fsp3) is 0.250. The summed E-state index contributed by atoms with van der Waals surface area (Å²) in [7, 11) is 0. The molecule has 9 heteroatoms. The first-order valence-corrected chi connectivity index (χ1v) is 8.19. The molecule has 0 radical (unpaired) electrons. The van der Waals surface area contributed by atoms with Crippen molar-refractivity contribution in [3.63, 3.8) is 0 Å². The average Bonchev–Trinajstić information content (AvgIpc) is 2.59. The van der Waals surface area contributed by atoms with E-state index >= 15 is 0 Å². The number of carbonyl (C=O) groups is 1. The van der Waals surface area contributed by atoms with Crippen molar-refractivity contribution in [1.82, 2.24) is 9.88 Å². The van der Waals surface area contributed by atoms with Gasteiger partial charge in [-0.25, -0.2) is 9.78 Å². The zero-order chi connectivity index (χ0) is 18.0. The van der Waals surface area contributed by atoms with E-state index in [0.717, 1.165) is 5.56 Å². The van der Waals surface area contributed by atoms with E-state index in [1.807, 2.05) is 30.3 Å². The van der Waals surface area contributed by atoms with Crippen molar-refractivity contribution in [3.8, 4) is 0 Å². The number of benzene rings is 1. The molecule has 2 aromatic rings. The molecule has 0 saturated heterocycles. The zero-order valence-corrected chi connectivity index (χ0v) is 14.5. The summed E-state index contributed by atoms with van der Waals surface area (Å²) in [6.07, 6.45) is -0.138. The van der Waals surface area contributed by atoms with Crippen LogP contribution in [0.3, 0.4) is 0 Å². The van der Waals surface area contributed by atoms with Gasteiger partial charge in [0.1, 0.15) is 11.6 Å². The zero-order valence-electron chi connectivity index (χ0n) is 12.9. The van der Waals surface area contributed by atoms with Gasteiger partial charge in [0.15, 0.2) is 0 Å². The third-order valence-electron chi connectivity index (χ3n) is 3.87. The molecule has 0 fully saturated rings. The van der Waals surface area contributed by atoms with Crippen LogP contribution in [-0.4, -0.2) is 27.4 Å². The maximum Gasteiger partial charge on any atom is 0.410 e. The number of rotatable bonds is 3. The highest BCUT2D eigenvalue weighted by molar-refractivity contribution is 6.38. The largest absolute Gasteiger partial charge is 0.445 e. The van der Waals surface area contributed by atoms with Crippen LogP contribution in [0.5, 0.6) is 0 Å². The molecule has 0 atom stereocenters. The maximum atomic E-state index is 12.2. The minimum absolute atomic E-state index is 0.0164. The first-order chi connectivity index (χ1) is 12.0. The van der Waals surface area contributed by atoms with Crippen LogP contribution in [0, 0.1) is 10.1 Å². The van der Waals surface area contributed by atoms with Gasteiger partial charge in [-0.3, -0.25) is 10.1 Å². The van der Waals surface area contributed by atoms with Gasteiger partial charge in [0, 0.05) is 12.1 Å². The highest BCUT2D eigenvalue weighted by atomic mass is 35.5. The molecular weight excluding hydrogens is 369 g/mol. The lowest BCUT2D eigenvalue weighted by molar-refractivity contribution is -0.384. The van der Waals surface area contributed by atoms with Gasteiger partial charge in [0.05, 0.1) is 17.2 Å².